The molecule has 0 aliphatic heterocycles. The number of esters is 2. The van der Waals surface area contributed by atoms with Crippen molar-refractivity contribution in [3.05, 3.63) is 12.7 Å². The second-order valence-electron chi connectivity index (χ2n) is 3.40. The number of carbonyl (C=O) groups is 4. The van der Waals surface area contributed by atoms with Crippen LogP contribution in [0, 0.1) is 5.92 Å². The first-order valence-electron chi connectivity index (χ1n) is 5.07. The second-order valence-corrected chi connectivity index (χ2v) is 3.40. The van der Waals surface area contributed by atoms with Gasteiger partial charge in [-0.15, -0.1) is 0 Å². The van der Waals surface area contributed by atoms with Gasteiger partial charge in [0.25, 0.3) is 0 Å². The molecule has 0 aromatic rings. The van der Waals surface area contributed by atoms with Gasteiger partial charge in [0, 0.05) is 18.9 Å². The van der Waals surface area contributed by atoms with Gasteiger partial charge in [0.1, 0.15) is 13.2 Å². The summed E-state index contributed by atoms with van der Waals surface area (Å²) in [6.07, 6.45) is 1.15. The van der Waals surface area contributed by atoms with Gasteiger partial charge in [0.05, 0.1) is 0 Å². The van der Waals surface area contributed by atoms with Crippen molar-refractivity contribution in [1.29, 1.82) is 0 Å². The summed E-state index contributed by atoms with van der Waals surface area (Å²) < 4.78 is 9.22. The maximum atomic E-state index is 11.4. The SMILES string of the molecule is C=CC(=O)OCCOC(=O)C1C(=O)CCC1=O. The van der Waals surface area contributed by atoms with E-state index in [1.165, 1.54) is 0 Å². The minimum Gasteiger partial charge on any atom is -0.461 e. The quantitative estimate of drug-likeness (QED) is 0.286. The van der Waals surface area contributed by atoms with Crippen LogP contribution in [0.25, 0.3) is 0 Å². The lowest BCUT2D eigenvalue weighted by Crippen LogP contribution is -2.28. The molecule has 1 rings (SSSR count). The van der Waals surface area contributed by atoms with Gasteiger partial charge in [-0.1, -0.05) is 6.58 Å². The standard InChI is InChI=1S/C11H12O6/c1-2-9(14)16-5-6-17-11(15)10-7(12)3-4-8(10)13/h2,10H,1,3-6H2. The molecule has 1 fully saturated rings. The Bertz CT molecular complexity index is 354. The van der Waals surface area contributed by atoms with Gasteiger partial charge in [0.2, 0.25) is 0 Å². The van der Waals surface area contributed by atoms with E-state index in [9.17, 15) is 19.2 Å². The normalized spacial score (nSPS) is 15.8. The summed E-state index contributed by atoms with van der Waals surface area (Å²) in [5.41, 5.74) is 0. The fraction of sp³-hybridized carbons (Fsp3) is 0.455. The molecule has 0 unspecified atom stereocenters. The molecule has 0 bridgehead atoms. The molecule has 17 heavy (non-hydrogen) atoms. The van der Waals surface area contributed by atoms with Crippen molar-refractivity contribution in [1.82, 2.24) is 0 Å². The Hall–Kier alpha value is -1.98. The van der Waals surface area contributed by atoms with E-state index in [2.05, 4.69) is 16.1 Å². The van der Waals surface area contributed by atoms with Crippen LogP contribution in [0.5, 0.6) is 0 Å². The lowest BCUT2D eigenvalue weighted by Gasteiger charge is -2.07. The van der Waals surface area contributed by atoms with Crippen LogP contribution in [-0.4, -0.2) is 36.7 Å². The van der Waals surface area contributed by atoms with Crippen molar-refractivity contribution in [2.75, 3.05) is 13.2 Å². The molecular formula is C11H12O6. The zero-order chi connectivity index (χ0) is 12.8. The smallest absolute Gasteiger partial charge is 0.330 e. The van der Waals surface area contributed by atoms with Crippen LogP contribution in [0.1, 0.15) is 12.8 Å². The molecule has 0 amide bonds. The van der Waals surface area contributed by atoms with Gasteiger partial charge in [-0.3, -0.25) is 14.4 Å². The molecule has 0 heterocycles. The lowest BCUT2D eigenvalue weighted by molar-refractivity contribution is -0.156. The molecule has 92 valence electrons. The summed E-state index contributed by atoms with van der Waals surface area (Å²) in [6.45, 7) is 2.87. The fourth-order valence-electron chi connectivity index (χ4n) is 1.40. The summed E-state index contributed by atoms with van der Waals surface area (Å²) in [4.78, 5) is 44.4. The Labute approximate surface area is 97.6 Å². The molecule has 0 aromatic heterocycles. The topological polar surface area (TPSA) is 86.7 Å². The molecule has 0 N–H and O–H groups in total. The van der Waals surface area contributed by atoms with E-state index in [4.69, 9.17) is 0 Å². The molecule has 0 saturated heterocycles. The number of hydrogen-bond acceptors (Lipinski definition) is 6. The van der Waals surface area contributed by atoms with Crippen molar-refractivity contribution in [3.63, 3.8) is 0 Å². The monoisotopic (exact) mass is 240 g/mol. The van der Waals surface area contributed by atoms with E-state index in [0.29, 0.717) is 0 Å². The first-order valence-corrected chi connectivity index (χ1v) is 5.07. The highest BCUT2D eigenvalue weighted by atomic mass is 16.6. The lowest BCUT2D eigenvalue weighted by atomic mass is 10.1. The number of hydrogen-bond donors (Lipinski definition) is 0. The summed E-state index contributed by atoms with van der Waals surface area (Å²) in [7, 11) is 0. The predicted molar refractivity (Wildman–Crippen MR) is 54.9 cm³/mol. The molecule has 1 saturated carbocycles. The maximum Gasteiger partial charge on any atom is 0.330 e. The number of carbonyl (C=O) groups excluding carboxylic acids is 4. The van der Waals surface area contributed by atoms with Crippen LogP contribution >= 0.6 is 0 Å². The Morgan fingerprint density at radius 3 is 2.24 bits per heavy atom. The minimum atomic E-state index is -1.29. The number of rotatable bonds is 5. The summed E-state index contributed by atoms with van der Waals surface area (Å²) in [6, 6.07) is 0. The molecule has 6 heteroatoms. The summed E-state index contributed by atoms with van der Waals surface area (Å²) in [5, 5.41) is 0. The average molecular weight is 240 g/mol. The Kier molecular flexibility index (Phi) is 4.56. The van der Waals surface area contributed by atoms with Crippen LogP contribution in [0.3, 0.4) is 0 Å². The van der Waals surface area contributed by atoms with Gasteiger partial charge in [-0.2, -0.15) is 0 Å². The van der Waals surface area contributed by atoms with E-state index < -0.39 is 29.4 Å². The van der Waals surface area contributed by atoms with Gasteiger partial charge in [-0.25, -0.2) is 4.79 Å². The first-order chi connectivity index (χ1) is 8.06. The zero-order valence-electron chi connectivity index (χ0n) is 9.14. The van der Waals surface area contributed by atoms with Crippen LogP contribution < -0.4 is 0 Å². The van der Waals surface area contributed by atoms with Gasteiger partial charge < -0.3 is 9.47 Å². The third-order valence-corrected chi connectivity index (χ3v) is 2.24. The van der Waals surface area contributed by atoms with Gasteiger partial charge in [-0.05, 0) is 0 Å². The largest absolute Gasteiger partial charge is 0.461 e. The van der Waals surface area contributed by atoms with Crippen LogP contribution in [0.2, 0.25) is 0 Å². The predicted octanol–water partition coefficient (Wildman–Crippen LogP) is -0.193. The third kappa shape index (κ3) is 3.51. The average Bonchev–Trinajstić information content (AvgIpc) is 2.64. The van der Waals surface area contributed by atoms with Crippen LogP contribution in [-0.2, 0) is 28.7 Å². The molecular weight excluding hydrogens is 228 g/mol. The molecule has 0 atom stereocenters. The van der Waals surface area contributed by atoms with Crippen molar-refractivity contribution < 1.29 is 28.7 Å². The highest BCUT2D eigenvalue weighted by molar-refractivity contribution is 6.21. The number of ether oxygens (including phenoxy) is 2. The second kappa shape index (κ2) is 5.93. The summed E-state index contributed by atoms with van der Waals surface area (Å²) in [5.74, 6) is -3.61. The highest BCUT2D eigenvalue weighted by Gasteiger charge is 2.39. The Morgan fingerprint density at radius 2 is 1.71 bits per heavy atom. The van der Waals surface area contributed by atoms with Crippen LogP contribution in [0.15, 0.2) is 12.7 Å². The zero-order valence-corrected chi connectivity index (χ0v) is 9.14. The Balaban J connectivity index is 2.30. The van der Waals surface area contributed by atoms with Gasteiger partial charge >= 0.3 is 11.9 Å². The van der Waals surface area contributed by atoms with E-state index in [1.807, 2.05) is 0 Å². The van der Waals surface area contributed by atoms with Gasteiger partial charge in [0.15, 0.2) is 17.5 Å². The maximum absolute atomic E-state index is 11.4. The minimum absolute atomic E-state index is 0.0874. The first kappa shape index (κ1) is 13.1. The summed E-state index contributed by atoms with van der Waals surface area (Å²) >= 11 is 0. The van der Waals surface area contributed by atoms with Crippen molar-refractivity contribution >= 4 is 23.5 Å². The molecule has 1 aliphatic carbocycles. The number of Topliss-reactive ketones (excluding diaryl/α,β-unsaturated/α-hetero) is 2. The number of ketones is 2. The van der Waals surface area contributed by atoms with E-state index in [-0.39, 0.29) is 26.1 Å². The fourth-order valence-corrected chi connectivity index (χ4v) is 1.40. The molecule has 0 aromatic carbocycles. The Morgan fingerprint density at radius 1 is 1.18 bits per heavy atom. The van der Waals surface area contributed by atoms with E-state index >= 15 is 0 Å². The molecule has 0 radical (unpaired) electrons. The van der Waals surface area contributed by atoms with E-state index in [1.54, 1.807) is 0 Å². The van der Waals surface area contributed by atoms with Crippen molar-refractivity contribution in [2.45, 2.75) is 12.8 Å². The van der Waals surface area contributed by atoms with E-state index in [0.717, 1.165) is 6.08 Å². The van der Waals surface area contributed by atoms with Crippen molar-refractivity contribution in [3.8, 4) is 0 Å². The molecule has 1 aliphatic rings. The highest BCUT2D eigenvalue weighted by Crippen LogP contribution is 2.18. The van der Waals surface area contributed by atoms with Crippen LogP contribution in [0.4, 0.5) is 0 Å². The molecule has 6 nitrogen and oxygen atoms in total. The van der Waals surface area contributed by atoms with Crippen molar-refractivity contribution in [2.24, 2.45) is 5.92 Å². The third-order valence-electron chi connectivity index (χ3n) is 2.24. The molecule has 0 spiro atoms.